The van der Waals surface area contributed by atoms with Crippen LogP contribution in [-0.2, 0) is 4.79 Å². The molecule has 144 valence electrons. The van der Waals surface area contributed by atoms with E-state index in [4.69, 9.17) is 0 Å². The van der Waals surface area contributed by atoms with Gasteiger partial charge in [-0.1, -0.05) is 12.1 Å². The number of nitrogens with zero attached hydrogens (tertiary/aromatic N) is 2. The van der Waals surface area contributed by atoms with E-state index < -0.39 is 0 Å². The molecule has 2 aliphatic rings. The van der Waals surface area contributed by atoms with Crippen molar-refractivity contribution < 1.29 is 4.79 Å². The van der Waals surface area contributed by atoms with Crippen LogP contribution in [0.4, 0.5) is 5.69 Å². The van der Waals surface area contributed by atoms with Gasteiger partial charge < -0.3 is 5.32 Å². The number of amides is 1. The normalized spacial score (nSPS) is 22.3. The summed E-state index contributed by atoms with van der Waals surface area (Å²) in [5.41, 5.74) is 4.78. The molecule has 1 N–H and O–H groups in total. The number of benzene rings is 1. The molecular weight excluding hydrogens is 394 g/mol. The third-order valence-electron chi connectivity index (χ3n) is 5.21. The van der Waals surface area contributed by atoms with E-state index in [2.05, 4.69) is 38.7 Å². The van der Waals surface area contributed by atoms with Crippen molar-refractivity contribution in [2.24, 2.45) is 5.92 Å². The van der Waals surface area contributed by atoms with Gasteiger partial charge in [0.1, 0.15) is 0 Å². The van der Waals surface area contributed by atoms with Crippen molar-refractivity contribution in [1.82, 2.24) is 9.88 Å². The number of hydrogen-bond donors (Lipinski definition) is 1. The second-order valence-electron chi connectivity index (χ2n) is 7.08. The third kappa shape index (κ3) is 5.08. The summed E-state index contributed by atoms with van der Waals surface area (Å²) in [4.78, 5) is 19.7. The predicted octanol–water partition coefficient (Wildman–Crippen LogP) is 4.31. The Bertz CT molecular complexity index is 727. The van der Waals surface area contributed by atoms with Crippen LogP contribution in [0.25, 0.3) is 11.3 Å². The number of likely N-dealkylation sites (tertiary alicyclic amines) is 1. The van der Waals surface area contributed by atoms with Gasteiger partial charge in [0, 0.05) is 52.2 Å². The van der Waals surface area contributed by atoms with Crippen molar-refractivity contribution in [2.75, 3.05) is 41.4 Å². The monoisotopic (exact) mass is 419 g/mol. The second-order valence-corrected chi connectivity index (χ2v) is 10.1. The Morgan fingerprint density at radius 2 is 1.93 bits per heavy atom. The van der Waals surface area contributed by atoms with Gasteiger partial charge in [0.25, 0.3) is 0 Å². The topological polar surface area (TPSA) is 45.2 Å². The van der Waals surface area contributed by atoms with Crippen molar-refractivity contribution in [3.05, 3.63) is 35.2 Å². The van der Waals surface area contributed by atoms with E-state index in [1.54, 1.807) is 11.3 Å². The number of nitrogens with one attached hydrogen (secondary N) is 1. The first-order valence-corrected chi connectivity index (χ1v) is 12.7. The quantitative estimate of drug-likeness (QED) is 0.800. The summed E-state index contributed by atoms with van der Waals surface area (Å²) in [6, 6.07) is 8.63. The SMILES string of the molecule is O=C(Nc1ccc(-c2cscn2)cc1)[C@@H]1CCCN(C2CSCCSC2)C1. The second kappa shape index (κ2) is 9.45. The van der Waals surface area contributed by atoms with E-state index in [1.807, 2.05) is 35.2 Å². The molecule has 2 saturated heterocycles. The number of thioether (sulfide) groups is 2. The molecule has 1 atom stereocenters. The van der Waals surface area contributed by atoms with Gasteiger partial charge in [0.2, 0.25) is 5.91 Å². The fourth-order valence-electron chi connectivity index (χ4n) is 3.69. The van der Waals surface area contributed by atoms with E-state index in [9.17, 15) is 4.79 Å². The molecule has 0 radical (unpaired) electrons. The van der Waals surface area contributed by atoms with Crippen LogP contribution in [0.1, 0.15) is 12.8 Å². The van der Waals surface area contributed by atoms with Gasteiger partial charge in [-0.05, 0) is 31.5 Å². The lowest BCUT2D eigenvalue weighted by Gasteiger charge is -2.37. The molecule has 2 fully saturated rings. The zero-order chi connectivity index (χ0) is 18.5. The number of aromatic nitrogens is 1. The lowest BCUT2D eigenvalue weighted by atomic mass is 9.96. The molecule has 0 bridgehead atoms. The van der Waals surface area contributed by atoms with Gasteiger partial charge >= 0.3 is 0 Å². The van der Waals surface area contributed by atoms with Crippen LogP contribution in [0.5, 0.6) is 0 Å². The highest BCUT2D eigenvalue weighted by molar-refractivity contribution is 8.03. The standard InChI is InChI=1S/C20H25N3OS3/c24-20(22-17-5-3-15(4-6-17)19-13-27-14-21-19)16-2-1-7-23(10-16)18-11-25-8-9-26-12-18/h3-6,13-14,16,18H,1-2,7-12H2,(H,22,24)/t16-/m1/s1. The highest BCUT2D eigenvalue weighted by Gasteiger charge is 2.30. The lowest BCUT2D eigenvalue weighted by molar-refractivity contribution is -0.121. The first-order chi connectivity index (χ1) is 13.3. The number of piperidine rings is 1. The van der Waals surface area contributed by atoms with Crippen LogP contribution in [0.2, 0.25) is 0 Å². The maximum atomic E-state index is 12.8. The number of rotatable bonds is 4. The molecule has 7 heteroatoms. The number of anilines is 1. The van der Waals surface area contributed by atoms with Crippen LogP contribution >= 0.6 is 34.9 Å². The molecule has 27 heavy (non-hydrogen) atoms. The van der Waals surface area contributed by atoms with Gasteiger partial charge in [-0.15, -0.1) is 11.3 Å². The minimum atomic E-state index is 0.0928. The molecule has 3 heterocycles. The Kier molecular flexibility index (Phi) is 6.76. The lowest BCUT2D eigenvalue weighted by Crippen LogP contribution is -2.47. The fourth-order valence-corrected chi connectivity index (χ4v) is 6.88. The maximum absolute atomic E-state index is 12.8. The summed E-state index contributed by atoms with van der Waals surface area (Å²) in [5, 5.41) is 5.16. The molecule has 0 aliphatic carbocycles. The number of thiazole rings is 1. The van der Waals surface area contributed by atoms with Gasteiger partial charge in [0.15, 0.2) is 0 Å². The Balaban J connectivity index is 1.34. The molecule has 4 rings (SSSR count). The van der Waals surface area contributed by atoms with Crippen LogP contribution in [0, 0.1) is 5.92 Å². The summed E-state index contributed by atoms with van der Waals surface area (Å²) < 4.78 is 0. The Hall–Kier alpha value is -1.02. The molecule has 2 aromatic rings. The Morgan fingerprint density at radius 1 is 1.15 bits per heavy atom. The first kappa shape index (κ1) is 19.3. The minimum absolute atomic E-state index is 0.0928. The fraction of sp³-hybridized carbons (Fsp3) is 0.500. The van der Waals surface area contributed by atoms with Crippen molar-refractivity contribution in [2.45, 2.75) is 18.9 Å². The average molecular weight is 420 g/mol. The third-order valence-corrected chi connectivity index (χ3v) is 8.28. The molecule has 4 nitrogen and oxygen atoms in total. The maximum Gasteiger partial charge on any atom is 0.228 e. The molecule has 2 aliphatic heterocycles. The van der Waals surface area contributed by atoms with Crippen molar-refractivity contribution >= 4 is 46.5 Å². The molecule has 0 saturated carbocycles. The van der Waals surface area contributed by atoms with Gasteiger partial charge in [-0.3, -0.25) is 9.69 Å². The summed E-state index contributed by atoms with van der Waals surface area (Å²) in [6.45, 7) is 2.03. The number of hydrogen-bond acceptors (Lipinski definition) is 6. The van der Waals surface area contributed by atoms with Crippen LogP contribution < -0.4 is 5.32 Å². The highest BCUT2D eigenvalue weighted by Crippen LogP contribution is 2.26. The van der Waals surface area contributed by atoms with Gasteiger partial charge in [-0.2, -0.15) is 23.5 Å². The van der Waals surface area contributed by atoms with Crippen molar-refractivity contribution in [1.29, 1.82) is 0 Å². The molecular formula is C20H25N3OS3. The summed E-state index contributed by atoms with van der Waals surface area (Å²) in [5.74, 6) is 5.19. The molecule has 0 spiro atoms. The van der Waals surface area contributed by atoms with Crippen LogP contribution in [-0.4, -0.2) is 57.9 Å². The molecule has 1 amide bonds. The average Bonchev–Trinajstić information content (AvgIpc) is 3.11. The van der Waals surface area contributed by atoms with Gasteiger partial charge in [0.05, 0.1) is 17.1 Å². The van der Waals surface area contributed by atoms with Gasteiger partial charge in [-0.25, -0.2) is 4.98 Å². The van der Waals surface area contributed by atoms with E-state index >= 15 is 0 Å². The van der Waals surface area contributed by atoms with E-state index in [-0.39, 0.29) is 11.8 Å². The van der Waals surface area contributed by atoms with Crippen molar-refractivity contribution in [3.8, 4) is 11.3 Å². The van der Waals surface area contributed by atoms with Crippen LogP contribution in [0.15, 0.2) is 35.2 Å². The zero-order valence-electron chi connectivity index (χ0n) is 15.3. The smallest absolute Gasteiger partial charge is 0.228 e. The van der Waals surface area contributed by atoms with Crippen LogP contribution in [0.3, 0.4) is 0 Å². The largest absolute Gasteiger partial charge is 0.326 e. The summed E-state index contributed by atoms with van der Waals surface area (Å²) >= 11 is 5.72. The van der Waals surface area contributed by atoms with E-state index in [0.29, 0.717) is 6.04 Å². The number of carbonyl (C=O) groups excluding carboxylic acids is 1. The zero-order valence-corrected chi connectivity index (χ0v) is 17.8. The van der Waals surface area contributed by atoms with Crippen molar-refractivity contribution in [3.63, 3.8) is 0 Å². The first-order valence-electron chi connectivity index (χ1n) is 9.48. The number of carbonyl (C=O) groups is 1. The summed E-state index contributed by atoms with van der Waals surface area (Å²) in [7, 11) is 0. The molecule has 0 unspecified atom stereocenters. The van der Waals surface area contributed by atoms with E-state index in [1.165, 1.54) is 23.0 Å². The minimum Gasteiger partial charge on any atom is -0.326 e. The summed E-state index contributed by atoms with van der Waals surface area (Å²) in [6.07, 6.45) is 2.11. The highest BCUT2D eigenvalue weighted by atomic mass is 32.2. The van der Waals surface area contributed by atoms with E-state index in [0.717, 1.165) is 42.9 Å². The molecule has 1 aromatic heterocycles. The Labute approximate surface area is 173 Å². The predicted molar refractivity (Wildman–Crippen MR) is 119 cm³/mol. The Morgan fingerprint density at radius 3 is 2.63 bits per heavy atom. The molecule has 1 aromatic carbocycles.